The molecule has 0 N–H and O–H groups in total. The highest BCUT2D eigenvalue weighted by Crippen LogP contribution is 2.07. The number of carbonyl (C=O) groups is 1. The van der Waals surface area contributed by atoms with Gasteiger partial charge in [-0.05, 0) is 20.8 Å². The average molecular weight is 157 g/mol. The second-order valence-corrected chi connectivity index (χ2v) is 3.29. The minimum atomic E-state index is -0.579. The van der Waals surface area contributed by atoms with Gasteiger partial charge in [-0.1, -0.05) is 6.92 Å². The van der Waals surface area contributed by atoms with E-state index in [1.807, 2.05) is 0 Å². The molecule has 0 aromatic rings. The van der Waals surface area contributed by atoms with Crippen LogP contribution in [-0.4, -0.2) is 11.6 Å². The van der Waals surface area contributed by atoms with Crippen molar-refractivity contribution >= 4 is 5.97 Å². The predicted molar refractivity (Wildman–Crippen MR) is 39.6 cm³/mol. The number of rotatable bonds is 1. The third kappa shape index (κ3) is 6.90. The molecule has 0 rings (SSSR count). The fourth-order valence-corrected chi connectivity index (χ4v) is 0.497. The van der Waals surface area contributed by atoms with Crippen LogP contribution < -0.4 is 5.11 Å². The summed E-state index contributed by atoms with van der Waals surface area (Å²) in [6.07, 6.45) is 0.936. The highest BCUT2D eigenvalue weighted by molar-refractivity contribution is 5.82. The van der Waals surface area contributed by atoms with E-state index in [-0.39, 0.29) is 5.76 Å². The van der Waals surface area contributed by atoms with Crippen molar-refractivity contribution in [3.63, 3.8) is 0 Å². The Balaban J connectivity index is 4.00. The topological polar surface area (TPSA) is 49.4 Å². The van der Waals surface area contributed by atoms with Gasteiger partial charge in [0.05, 0.1) is 0 Å². The van der Waals surface area contributed by atoms with Crippen LogP contribution in [0.5, 0.6) is 0 Å². The maximum Gasteiger partial charge on any atom is 0.330 e. The minimum Gasteiger partial charge on any atom is -0.875 e. The maximum atomic E-state index is 10.8. The first-order valence-corrected chi connectivity index (χ1v) is 3.39. The van der Waals surface area contributed by atoms with Gasteiger partial charge in [-0.3, -0.25) is 0 Å². The lowest BCUT2D eigenvalue weighted by molar-refractivity contribution is -0.302. The van der Waals surface area contributed by atoms with E-state index >= 15 is 0 Å². The molecule has 0 aromatic heterocycles. The van der Waals surface area contributed by atoms with Crippen LogP contribution in [0.15, 0.2) is 11.8 Å². The summed E-state index contributed by atoms with van der Waals surface area (Å²) >= 11 is 0. The van der Waals surface area contributed by atoms with Gasteiger partial charge in [0.1, 0.15) is 5.60 Å². The number of hydrogen-bond acceptors (Lipinski definition) is 3. The summed E-state index contributed by atoms with van der Waals surface area (Å²) in [6, 6.07) is 0. The molecule has 3 heteroatoms. The van der Waals surface area contributed by atoms with Gasteiger partial charge in [-0.15, -0.1) is 5.76 Å². The molecule has 0 saturated heterocycles. The summed E-state index contributed by atoms with van der Waals surface area (Å²) in [6.45, 7) is 6.56. The number of hydrogen-bond donors (Lipinski definition) is 0. The van der Waals surface area contributed by atoms with E-state index < -0.39 is 11.6 Å². The van der Waals surface area contributed by atoms with E-state index in [1.165, 1.54) is 6.92 Å². The van der Waals surface area contributed by atoms with E-state index in [0.717, 1.165) is 6.08 Å². The Bertz CT molecular complexity index is 170. The quantitative estimate of drug-likeness (QED) is 0.318. The molecule has 0 bridgehead atoms. The predicted octanol–water partition coefficient (Wildman–Crippen LogP) is 0.592. The highest BCUT2D eigenvalue weighted by atomic mass is 16.6. The van der Waals surface area contributed by atoms with Crippen molar-refractivity contribution in [1.29, 1.82) is 0 Å². The van der Waals surface area contributed by atoms with Crippen molar-refractivity contribution in [3.8, 4) is 0 Å². The van der Waals surface area contributed by atoms with Gasteiger partial charge in [0, 0.05) is 6.08 Å². The molecule has 0 heterocycles. The molecule has 0 aromatic carbocycles. The largest absolute Gasteiger partial charge is 0.875 e. The SMILES string of the molecule is C/C([O-])=C/C(=O)OC(C)(C)C. The Morgan fingerprint density at radius 1 is 1.45 bits per heavy atom. The van der Waals surface area contributed by atoms with Crippen LogP contribution in [0.2, 0.25) is 0 Å². The van der Waals surface area contributed by atoms with Crippen LogP contribution in [0, 0.1) is 0 Å². The zero-order chi connectivity index (χ0) is 9.07. The lowest BCUT2D eigenvalue weighted by atomic mass is 10.2. The molecule has 3 nitrogen and oxygen atoms in total. The van der Waals surface area contributed by atoms with Crippen molar-refractivity contribution in [1.82, 2.24) is 0 Å². The number of esters is 1. The Kier molecular flexibility index (Phi) is 3.11. The monoisotopic (exact) mass is 157 g/mol. The molecular formula is C8H13O3-. The molecule has 0 radical (unpaired) electrons. The summed E-state index contributed by atoms with van der Waals surface area (Å²) in [4.78, 5) is 10.8. The molecule has 11 heavy (non-hydrogen) atoms. The summed E-state index contributed by atoms with van der Waals surface area (Å²) in [5.74, 6) is -0.871. The van der Waals surface area contributed by atoms with Gasteiger partial charge in [0.25, 0.3) is 0 Å². The molecule has 0 fully saturated rings. The van der Waals surface area contributed by atoms with E-state index in [4.69, 9.17) is 4.74 Å². The molecule has 0 atom stereocenters. The lowest BCUT2D eigenvalue weighted by Gasteiger charge is -2.18. The van der Waals surface area contributed by atoms with Crippen molar-refractivity contribution in [3.05, 3.63) is 11.8 Å². The van der Waals surface area contributed by atoms with Gasteiger partial charge < -0.3 is 9.84 Å². The van der Waals surface area contributed by atoms with Crippen molar-refractivity contribution in [2.24, 2.45) is 0 Å². The standard InChI is InChI=1S/C8H14O3/c1-6(9)5-7(10)11-8(2,3)4/h5,9H,1-4H3/p-1/b6-5-. The zero-order valence-corrected chi connectivity index (χ0v) is 7.30. The number of carbonyl (C=O) groups excluding carboxylic acids is 1. The summed E-state index contributed by atoms with van der Waals surface area (Å²) in [7, 11) is 0. The Hall–Kier alpha value is -0.990. The third-order valence-electron chi connectivity index (χ3n) is 0.728. The van der Waals surface area contributed by atoms with Gasteiger partial charge in [0.15, 0.2) is 0 Å². The van der Waals surface area contributed by atoms with Gasteiger partial charge in [-0.25, -0.2) is 4.79 Å². The van der Waals surface area contributed by atoms with Gasteiger partial charge >= 0.3 is 5.97 Å². The first kappa shape index (κ1) is 10.0. The fraction of sp³-hybridized carbons (Fsp3) is 0.625. The van der Waals surface area contributed by atoms with Crippen LogP contribution in [0.25, 0.3) is 0 Å². The second kappa shape index (κ2) is 3.42. The molecule has 0 aliphatic carbocycles. The Labute approximate surface area is 66.7 Å². The minimum absolute atomic E-state index is 0.292. The fourth-order valence-electron chi connectivity index (χ4n) is 0.497. The van der Waals surface area contributed by atoms with Crippen molar-refractivity contribution in [2.45, 2.75) is 33.3 Å². The first-order valence-electron chi connectivity index (χ1n) is 3.39. The molecule has 0 aliphatic heterocycles. The summed E-state index contributed by atoms with van der Waals surface area (Å²) in [5.41, 5.74) is -0.525. The normalized spacial score (nSPS) is 12.9. The Morgan fingerprint density at radius 2 is 1.91 bits per heavy atom. The van der Waals surface area contributed by atoms with Crippen LogP contribution in [0.4, 0.5) is 0 Å². The average Bonchev–Trinajstić information content (AvgIpc) is 1.53. The number of ether oxygens (including phenoxy) is 1. The molecule has 0 spiro atoms. The second-order valence-electron chi connectivity index (χ2n) is 3.29. The van der Waals surface area contributed by atoms with Crippen LogP contribution in [0.3, 0.4) is 0 Å². The molecular weight excluding hydrogens is 144 g/mol. The van der Waals surface area contributed by atoms with Crippen LogP contribution >= 0.6 is 0 Å². The summed E-state index contributed by atoms with van der Waals surface area (Å²) < 4.78 is 4.83. The first-order chi connectivity index (χ1) is 4.81. The number of allylic oxidation sites excluding steroid dienone is 1. The molecule has 0 saturated carbocycles. The van der Waals surface area contributed by atoms with E-state index in [9.17, 15) is 9.90 Å². The molecule has 64 valence electrons. The van der Waals surface area contributed by atoms with Crippen LogP contribution in [-0.2, 0) is 9.53 Å². The molecule has 0 amide bonds. The third-order valence-corrected chi connectivity index (χ3v) is 0.728. The van der Waals surface area contributed by atoms with Crippen molar-refractivity contribution < 1.29 is 14.6 Å². The zero-order valence-electron chi connectivity index (χ0n) is 7.30. The molecule has 0 unspecified atom stereocenters. The lowest BCUT2D eigenvalue weighted by Crippen LogP contribution is -2.23. The molecule has 0 aliphatic rings. The smallest absolute Gasteiger partial charge is 0.330 e. The van der Waals surface area contributed by atoms with Crippen molar-refractivity contribution in [2.75, 3.05) is 0 Å². The van der Waals surface area contributed by atoms with Crippen LogP contribution in [0.1, 0.15) is 27.7 Å². The highest BCUT2D eigenvalue weighted by Gasteiger charge is 2.13. The van der Waals surface area contributed by atoms with Gasteiger partial charge in [-0.2, -0.15) is 0 Å². The van der Waals surface area contributed by atoms with E-state index in [1.54, 1.807) is 20.8 Å². The Morgan fingerprint density at radius 3 is 2.18 bits per heavy atom. The van der Waals surface area contributed by atoms with E-state index in [0.29, 0.717) is 0 Å². The maximum absolute atomic E-state index is 10.8. The summed E-state index contributed by atoms with van der Waals surface area (Å²) in [5, 5.41) is 10.4. The van der Waals surface area contributed by atoms with E-state index in [2.05, 4.69) is 0 Å². The van der Waals surface area contributed by atoms with Gasteiger partial charge in [0.2, 0.25) is 0 Å².